The van der Waals surface area contributed by atoms with Gasteiger partial charge in [-0.15, -0.1) is 0 Å². The van der Waals surface area contributed by atoms with Crippen molar-refractivity contribution in [2.24, 2.45) is 0 Å². The number of H-pyrrole nitrogens is 1. The Morgan fingerprint density at radius 3 is 2.70 bits per heavy atom. The van der Waals surface area contributed by atoms with Gasteiger partial charge < -0.3 is 15.0 Å². The highest BCUT2D eigenvalue weighted by Crippen LogP contribution is 2.30. The number of aryl methyl sites for hydroxylation is 1. The summed E-state index contributed by atoms with van der Waals surface area (Å²) in [5, 5.41) is 3.48. The second-order valence-corrected chi connectivity index (χ2v) is 7.36. The van der Waals surface area contributed by atoms with Crippen molar-refractivity contribution in [2.45, 2.75) is 13.5 Å². The van der Waals surface area contributed by atoms with E-state index in [0.717, 1.165) is 11.3 Å². The molecular weight excluding hydrogens is 409 g/mol. The first-order valence-electron chi connectivity index (χ1n) is 9.00. The van der Waals surface area contributed by atoms with Gasteiger partial charge in [0.15, 0.2) is 11.6 Å². The summed E-state index contributed by atoms with van der Waals surface area (Å²) in [6.45, 7) is 2.08. The lowest BCUT2D eigenvalue weighted by Crippen LogP contribution is -2.10. The Bertz CT molecular complexity index is 1260. The molecule has 0 amide bonds. The molecule has 8 nitrogen and oxygen atoms in total. The summed E-state index contributed by atoms with van der Waals surface area (Å²) in [6.07, 6.45) is 1.50. The molecule has 0 aliphatic heterocycles. The number of anilines is 2. The minimum atomic E-state index is -2.64. The van der Waals surface area contributed by atoms with Crippen molar-refractivity contribution >= 4 is 33.4 Å². The van der Waals surface area contributed by atoms with Crippen LogP contribution >= 0.6 is 0 Å². The summed E-state index contributed by atoms with van der Waals surface area (Å²) in [6, 6.07) is 13.7. The fourth-order valence-corrected chi connectivity index (χ4v) is 3.24. The van der Waals surface area contributed by atoms with Crippen LogP contribution in [0.3, 0.4) is 0 Å². The smallest absolute Gasteiger partial charge is 0.230 e. The molecule has 2 aromatic heterocycles. The number of hydrogen-bond donors (Lipinski definition) is 4. The Labute approximate surface area is 173 Å². The van der Waals surface area contributed by atoms with E-state index in [0.29, 0.717) is 16.6 Å². The maximum absolute atomic E-state index is 14.7. The number of nitrogens with one attached hydrogen (secondary N) is 3. The lowest BCUT2D eigenvalue weighted by molar-refractivity contribution is 0.430. The molecule has 2 heterocycles. The van der Waals surface area contributed by atoms with E-state index in [1.54, 1.807) is 42.5 Å². The highest BCUT2D eigenvalue weighted by molar-refractivity contribution is 7.70. The first-order chi connectivity index (χ1) is 14.5. The molecule has 3 N–H and O–H groups in total. The van der Waals surface area contributed by atoms with Crippen molar-refractivity contribution in [1.82, 2.24) is 19.7 Å². The van der Waals surface area contributed by atoms with Gasteiger partial charge in [-0.3, -0.25) is 0 Å². The first kappa shape index (κ1) is 19.8. The molecule has 0 bridgehead atoms. The molecule has 0 atom stereocenters. The lowest BCUT2D eigenvalue weighted by Gasteiger charge is -2.09. The van der Waals surface area contributed by atoms with Gasteiger partial charge in [-0.1, -0.05) is 12.1 Å². The van der Waals surface area contributed by atoms with Gasteiger partial charge in [-0.25, -0.2) is 22.5 Å². The lowest BCUT2D eigenvalue weighted by atomic mass is 10.2. The summed E-state index contributed by atoms with van der Waals surface area (Å²) < 4.78 is 43.9. The predicted molar refractivity (Wildman–Crippen MR) is 112 cm³/mol. The van der Waals surface area contributed by atoms with Crippen molar-refractivity contribution < 1.29 is 17.5 Å². The topological polar surface area (TPSA) is 109 Å². The van der Waals surface area contributed by atoms with Crippen LogP contribution in [0.25, 0.3) is 10.9 Å². The molecule has 2 aromatic carbocycles. The standard InChI is InChI=1S/C20H18FN5O3S/c1-12-10-15-16(24-12)6-7-17(19(15)21)29-18-8-9-22-20(26-18)25-14-4-2-13(3-5-14)11-23-30(27)28/h2-10,24,30H,11H2,1H3,(H,22,25,26)(H,23,27,28). The Balaban J connectivity index is 1.48. The SMILES string of the molecule is Cc1cc2c(F)c(Oc3ccnc(Nc4ccc(CN[SH](=O)=O)cc4)n3)ccc2[nH]1. The number of nitrogens with zero attached hydrogens (tertiary/aromatic N) is 2. The second kappa shape index (κ2) is 8.47. The van der Waals surface area contributed by atoms with Gasteiger partial charge in [0, 0.05) is 41.1 Å². The monoisotopic (exact) mass is 427 g/mol. The van der Waals surface area contributed by atoms with Gasteiger partial charge in [-0.2, -0.15) is 4.98 Å². The average Bonchev–Trinajstić information content (AvgIpc) is 3.11. The molecule has 0 unspecified atom stereocenters. The van der Waals surface area contributed by atoms with Crippen molar-refractivity contribution in [3.63, 3.8) is 0 Å². The van der Waals surface area contributed by atoms with E-state index in [-0.39, 0.29) is 24.1 Å². The van der Waals surface area contributed by atoms with Crippen LogP contribution in [0.2, 0.25) is 0 Å². The van der Waals surface area contributed by atoms with E-state index in [1.165, 1.54) is 12.3 Å². The van der Waals surface area contributed by atoms with Gasteiger partial charge in [0.2, 0.25) is 22.7 Å². The zero-order valence-electron chi connectivity index (χ0n) is 15.8. The Kier molecular flexibility index (Phi) is 5.59. The summed E-state index contributed by atoms with van der Waals surface area (Å²) in [7, 11) is -2.64. The number of rotatable bonds is 7. The number of hydrogen-bond acceptors (Lipinski definition) is 6. The second-order valence-electron chi connectivity index (χ2n) is 6.53. The van der Waals surface area contributed by atoms with Crippen LogP contribution < -0.4 is 14.8 Å². The van der Waals surface area contributed by atoms with E-state index in [1.807, 2.05) is 6.92 Å². The van der Waals surface area contributed by atoms with E-state index in [4.69, 9.17) is 4.74 Å². The third-order valence-corrected chi connectivity index (χ3v) is 4.72. The number of aromatic amines is 1. The molecule has 0 aliphatic rings. The quantitative estimate of drug-likeness (QED) is 0.336. The Morgan fingerprint density at radius 2 is 1.93 bits per heavy atom. The molecule has 4 aromatic rings. The molecule has 0 saturated heterocycles. The molecule has 30 heavy (non-hydrogen) atoms. The van der Waals surface area contributed by atoms with Crippen molar-refractivity contribution in [2.75, 3.05) is 5.32 Å². The summed E-state index contributed by atoms with van der Waals surface area (Å²) >= 11 is 0. The normalized spacial score (nSPS) is 11.2. The zero-order chi connectivity index (χ0) is 21.1. The van der Waals surface area contributed by atoms with Gasteiger partial charge in [0.1, 0.15) is 0 Å². The Morgan fingerprint density at radius 1 is 1.13 bits per heavy atom. The maximum Gasteiger partial charge on any atom is 0.230 e. The number of halogens is 1. The number of aromatic nitrogens is 3. The largest absolute Gasteiger partial charge is 0.436 e. The van der Waals surface area contributed by atoms with Crippen molar-refractivity contribution in [3.05, 3.63) is 71.8 Å². The average molecular weight is 427 g/mol. The highest BCUT2D eigenvalue weighted by Gasteiger charge is 2.12. The van der Waals surface area contributed by atoms with Crippen LogP contribution in [0.5, 0.6) is 11.6 Å². The Hall–Kier alpha value is -3.50. The first-order valence-corrected chi connectivity index (χ1v) is 10.2. The molecular formula is C20H18FN5O3S. The highest BCUT2D eigenvalue weighted by atomic mass is 32.2. The van der Waals surface area contributed by atoms with Crippen molar-refractivity contribution in [3.8, 4) is 11.6 Å². The molecule has 154 valence electrons. The zero-order valence-corrected chi connectivity index (χ0v) is 16.7. The third kappa shape index (κ3) is 4.56. The predicted octanol–water partition coefficient (Wildman–Crippen LogP) is 3.56. The van der Waals surface area contributed by atoms with E-state index >= 15 is 0 Å². The fraction of sp³-hybridized carbons (Fsp3) is 0.100. The minimum absolute atomic E-state index is 0.0692. The van der Waals surface area contributed by atoms with Crippen LogP contribution in [0.1, 0.15) is 11.3 Å². The van der Waals surface area contributed by atoms with E-state index in [2.05, 4.69) is 25.0 Å². The van der Waals surface area contributed by atoms with Crippen LogP contribution in [-0.2, 0) is 17.4 Å². The number of benzene rings is 2. The fourth-order valence-electron chi connectivity index (χ4n) is 2.93. The van der Waals surface area contributed by atoms with Crippen LogP contribution in [0.15, 0.2) is 54.7 Å². The minimum Gasteiger partial charge on any atom is -0.436 e. The van der Waals surface area contributed by atoms with Crippen molar-refractivity contribution in [1.29, 1.82) is 0 Å². The summed E-state index contributed by atoms with van der Waals surface area (Å²) in [5.74, 6) is 0.0757. The molecule has 0 fully saturated rings. The van der Waals surface area contributed by atoms with E-state index in [9.17, 15) is 12.8 Å². The van der Waals surface area contributed by atoms with Gasteiger partial charge >= 0.3 is 0 Å². The van der Waals surface area contributed by atoms with Crippen LogP contribution in [0.4, 0.5) is 16.0 Å². The summed E-state index contributed by atoms with van der Waals surface area (Å²) in [5.41, 5.74) is 3.07. The molecule has 4 rings (SSSR count). The number of fused-ring (bicyclic) bond motifs is 1. The van der Waals surface area contributed by atoms with Gasteiger partial charge in [-0.05, 0) is 42.8 Å². The maximum atomic E-state index is 14.7. The van der Waals surface area contributed by atoms with Crippen LogP contribution in [0, 0.1) is 12.7 Å². The number of thiol groups is 1. The molecule has 0 aliphatic carbocycles. The molecule has 0 radical (unpaired) electrons. The third-order valence-electron chi connectivity index (χ3n) is 4.30. The molecule has 10 heteroatoms. The van der Waals surface area contributed by atoms with E-state index < -0.39 is 16.7 Å². The van der Waals surface area contributed by atoms with Crippen LogP contribution in [-0.4, -0.2) is 23.4 Å². The molecule has 0 spiro atoms. The molecule has 0 saturated carbocycles. The van der Waals surface area contributed by atoms with Gasteiger partial charge in [0.25, 0.3) is 0 Å². The number of ether oxygens (including phenoxy) is 1. The van der Waals surface area contributed by atoms with Gasteiger partial charge in [0.05, 0.1) is 0 Å². The summed E-state index contributed by atoms with van der Waals surface area (Å²) in [4.78, 5) is 11.5.